The van der Waals surface area contributed by atoms with Crippen molar-refractivity contribution >= 4 is 11.8 Å². The summed E-state index contributed by atoms with van der Waals surface area (Å²) in [6.45, 7) is 8.08. The minimum atomic E-state index is -1.11. The highest BCUT2D eigenvalue weighted by molar-refractivity contribution is 6.15. The number of ketones is 1. The van der Waals surface area contributed by atoms with Gasteiger partial charge in [0.05, 0.1) is 12.7 Å². The predicted octanol–water partition coefficient (Wildman–Crippen LogP) is 1.86. The van der Waals surface area contributed by atoms with Crippen molar-refractivity contribution in [1.82, 2.24) is 0 Å². The van der Waals surface area contributed by atoms with E-state index in [1.807, 2.05) is 13.8 Å². The molecule has 3 saturated carbocycles. The van der Waals surface area contributed by atoms with E-state index in [0.29, 0.717) is 24.8 Å². The lowest BCUT2D eigenvalue weighted by Crippen LogP contribution is -2.65. The number of ether oxygens (including phenoxy) is 1. The minimum absolute atomic E-state index is 0.0766. The zero-order valence-corrected chi connectivity index (χ0v) is 15.1. The van der Waals surface area contributed by atoms with E-state index in [1.54, 1.807) is 0 Å². The number of hydrogen-bond acceptors (Lipinski definition) is 5. The van der Waals surface area contributed by atoms with Gasteiger partial charge >= 0.3 is 5.97 Å². The van der Waals surface area contributed by atoms with Crippen LogP contribution in [0.4, 0.5) is 0 Å². The van der Waals surface area contributed by atoms with Gasteiger partial charge in [-0.05, 0) is 60.8 Å². The number of carbonyl (C=O) groups is 2. The molecule has 138 valence electrons. The number of aliphatic hydroxyl groups is 2. The number of rotatable bonds is 1. The maximum atomic E-state index is 13.1. The van der Waals surface area contributed by atoms with E-state index in [1.165, 1.54) is 0 Å². The summed E-state index contributed by atoms with van der Waals surface area (Å²) in [5.41, 5.74) is -1.47. The molecule has 2 N–H and O–H groups in total. The summed E-state index contributed by atoms with van der Waals surface area (Å²) in [6.07, 6.45) is 2.94. The molecule has 0 radical (unpaired) electrons. The number of allylic oxidation sites excluding steroid dienone is 1. The van der Waals surface area contributed by atoms with Gasteiger partial charge in [0.1, 0.15) is 5.41 Å². The molecule has 1 heterocycles. The fraction of sp³-hybridized carbons (Fsp3) is 0.800. The molecule has 1 aliphatic heterocycles. The van der Waals surface area contributed by atoms with E-state index in [-0.39, 0.29) is 36.8 Å². The molecule has 0 aromatic carbocycles. The summed E-state index contributed by atoms with van der Waals surface area (Å²) < 4.78 is 5.65. The van der Waals surface area contributed by atoms with Crippen LogP contribution in [0.2, 0.25) is 0 Å². The topological polar surface area (TPSA) is 83.8 Å². The normalized spacial score (nSPS) is 48.4. The van der Waals surface area contributed by atoms with Crippen molar-refractivity contribution in [1.29, 1.82) is 0 Å². The molecule has 2 spiro atoms. The molecule has 1 saturated heterocycles. The summed E-state index contributed by atoms with van der Waals surface area (Å²) in [5.74, 6) is -0.784. The van der Waals surface area contributed by atoms with Crippen molar-refractivity contribution < 1.29 is 24.5 Å². The summed E-state index contributed by atoms with van der Waals surface area (Å²) in [7, 11) is 0. The Morgan fingerprint density at radius 1 is 1.24 bits per heavy atom. The van der Waals surface area contributed by atoms with E-state index >= 15 is 0 Å². The molecule has 0 amide bonds. The Bertz CT molecular complexity index is 652. The summed E-state index contributed by atoms with van der Waals surface area (Å²) in [5, 5.41) is 20.8. The van der Waals surface area contributed by atoms with E-state index in [0.717, 1.165) is 12.8 Å². The number of hydrogen-bond donors (Lipinski definition) is 2. The second-order valence-corrected chi connectivity index (χ2v) is 9.28. The lowest BCUT2D eigenvalue weighted by molar-refractivity contribution is -0.227. The first-order chi connectivity index (χ1) is 11.7. The van der Waals surface area contributed by atoms with Crippen LogP contribution < -0.4 is 0 Å². The Labute approximate surface area is 148 Å². The third-order valence-corrected chi connectivity index (χ3v) is 8.20. The SMILES string of the molecule is C=C1C(=O)[C@]23C[C@H]1CC[C@H]2[C@@]1(CC[C@H](O)C(C)(C)[C@H]1CO)COC3=O. The van der Waals surface area contributed by atoms with E-state index in [9.17, 15) is 19.8 Å². The highest BCUT2D eigenvalue weighted by Crippen LogP contribution is 2.67. The molecule has 5 heteroatoms. The number of fused-ring (bicyclic) bond motifs is 2. The van der Waals surface area contributed by atoms with Crippen molar-refractivity contribution in [3.05, 3.63) is 12.2 Å². The number of esters is 1. The molecule has 4 fully saturated rings. The minimum Gasteiger partial charge on any atom is -0.464 e. The predicted molar refractivity (Wildman–Crippen MR) is 90.4 cm³/mol. The van der Waals surface area contributed by atoms with Gasteiger partial charge in [0.2, 0.25) is 0 Å². The largest absolute Gasteiger partial charge is 0.464 e. The van der Waals surface area contributed by atoms with Crippen molar-refractivity contribution in [3.63, 3.8) is 0 Å². The smallest absolute Gasteiger partial charge is 0.320 e. The summed E-state index contributed by atoms with van der Waals surface area (Å²) in [4.78, 5) is 25.9. The van der Waals surface area contributed by atoms with Gasteiger partial charge in [-0.1, -0.05) is 20.4 Å². The van der Waals surface area contributed by atoms with Crippen molar-refractivity contribution in [2.75, 3.05) is 13.2 Å². The Kier molecular flexibility index (Phi) is 3.56. The van der Waals surface area contributed by atoms with E-state index in [4.69, 9.17) is 4.74 Å². The van der Waals surface area contributed by atoms with Gasteiger partial charge in [0.15, 0.2) is 5.78 Å². The molecule has 0 aromatic rings. The van der Waals surface area contributed by atoms with E-state index in [2.05, 4.69) is 6.58 Å². The molecule has 4 aliphatic rings. The first-order valence-corrected chi connectivity index (χ1v) is 9.41. The van der Waals surface area contributed by atoms with Crippen LogP contribution >= 0.6 is 0 Å². The number of Topliss-reactive ketones (excluding diaryl/α,β-unsaturated/α-hetero) is 1. The van der Waals surface area contributed by atoms with Crippen LogP contribution in [0, 0.1) is 34.0 Å². The molecule has 25 heavy (non-hydrogen) atoms. The second kappa shape index (κ2) is 5.17. The fourth-order valence-electron chi connectivity index (χ4n) is 6.72. The Balaban J connectivity index is 1.85. The van der Waals surface area contributed by atoms with Gasteiger partial charge in [-0.3, -0.25) is 9.59 Å². The van der Waals surface area contributed by atoms with Gasteiger partial charge < -0.3 is 14.9 Å². The molecule has 2 bridgehead atoms. The van der Waals surface area contributed by atoms with Crippen LogP contribution in [0.5, 0.6) is 0 Å². The molecule has 6 atom stereocenters. The third-order valence-electron chi connectivity index (χ3n) is 8.20. The second-order valence-electron chi connectivity index (χ2n) is 9.28. The standard InChI is InChI=1S/C20H28O5/c1-11-12-4-5-13-19(7-6-15(22)18(2,3)14(19)9-21)10-25-17(24)20(13,8-12)16(11)23/h12-15,21-22H,1,4-10H2,2-3H3/t12-,13+,14-,15+,19-,20+/m1/s1. The first kappa shape index (κ1) is 17.2. The van der Waals surface area contributed by atoms with Crippen molar-refractivity contribution in [2.45, 2.75) is 52.1 Å². The average molecular weight is 348 g/mol. The van der Waals surface area contributed by atoms with Crippen LogP contribution in [0.1, 0.15) is 46.0 Å². The molecule has 5 nitrogen and oxygen atoms in total. The molecule has 0 unspecified atom stereocenters. The van der Waals surface area contributed by atoms with Crippen LogP contribution in [0.3, 0.4) is 0 Å². The molecular weight excluding hydrogens is 320 g/mol. The highest BCUT2D eigenvalue weighted by Gasteiger charge is 2.72. The van der Waals surface area contributed by atoms with Crippen molar-refractivity contribution in [2.24, 2.45) is 34.0 Å². The summed E-state index contributed by atoms with van der Waals surface area (Å²) in [6, 6.07) is 0. The lowest BCUT2D eigenvalue weighted by atomic mass is 9.44. The van der Waals surface area contributed by atoms with Gasteiger partial charge in [-0.15, -0.1) is 0 Å². The number of carbonyl (C=O) groups excluding carboxylic acids is 2. The van der Waals surface area contributed by atoms with Crippen molar-refractivity contribution in [3.8, 4) is 0 Å². The van der Waals surface area contributed by atoms with Crippen LogP contribution in [-0.4, -0.2) is 41.3 Å². The third kappa shape index (κ3) is 1.86. The zero-order chi connectivity index (χ0) is 18.2. The van der Waals surface area contributed by atoms with Gasteiger partial charge in [0, 0.05) is 12.0 Å². The molecule has 0 aromatic heterocycles. The van der Waals surface area contributed by atoms with Crippen LogP contribution in [-0.2, 0) is 14.3 Å². The Morgan fingerprint density at radius 3 is 2.64 bits per heavy atom. The fourth-order valence-corrected chi connectivity index (χ4v) is 6.72. The number of aliphatic hydroxyl groups excluding tert-OH is 2. The zero-order valence-electron chi connectivity index (χ0n) is 15.1. The van der Waals surface area contributed by atoms with Gasteiger partial charge in [-0.25, -0.2) is 0 Å². The van der Waals surface area contributed by atoms with E-state index < -0.39 is 28.3 Å². The molecule has 4 rings (SSSR count). The monoisotopic (exact) mass is 348 g/mol. The lowest BCUT2D eigenvalue weighted by Gasteiger charge is -2.61. The highest BCUT2D eigenvalue weighted by atomic mass is 16.5. The van der Waals surface area contributed by atoms with Gasteiger partial charge in [-0.2, -0.15) is 0 Å². The molecular formula is C20H28O5. The first-order valence-electron chi connectivity index (χ1n) is 9.41. The van der Waals surface area contributed by atoms with Crippen LogP contribution in [0.15, 0.2) is 12.2 Å². The molecule has 3 aliphatic carbocycles. The Morgan fingerprint density at radius 2 is 1.96 bits per heavy atom. The Hall–Kier alpha value is -1.20. The average Bonchev–Trinajstić information content (AvgIpc) is 2.77. The quantitative estimate of drug-likeness (QED) is 0.429. The van der Waals surface area contributed by atoms with Gasteiger partial charge in [0.25, 0.3) is 0 Å². The number of cyclic esters (lactones) is 1. The summed E-state index contributed by atoms with van der Waals surface area (Å²) >= 11 is 0. The maximum absolute atomic E-state index is 13.1. The van der Waals surface area contributed by atoms with Crippen LogP contribution in [0.25, 0.3) is 0 Å². The maximum Gasteiger partial charge on any atom is 0.320 e.